The van der Waals surface area contributed by atoms with Crippen molar-refractivity contribution in [2.75, 3.05) is 19.8 Å². The smallest absolute Gasteiger partial charge is 0.204 e. The SMILES string of the molecule is C=CCCOc1ccc(OCC2CCC(c3ccc(C4CCC(OCCCC)CC4)c(F)c3F)CC2)c(F)c1F. The van der Waals surface area contributed by atoms with E-state index in [1.165, 1.54) is 12.1 Å². The second kappa shape index (κ2) is 14.9. The molecular weight excluding hydrogens is 520 g/mol. The van der Waals surface area contributed by atoms with E-state index in [1.54, 1.807) is 18.2 Å². The summed E-state index contributed by atoms with van der Waals surface area (Å²) in [5.41, 5.74) is 0.930. The molecule has 0 unspecified atom stereocenters. The number of benzene rings is 2. The molecule has 2 aromatic carbocycles. The molecule has 2 fully saturated rings. The Morgan fingerprint density at radius 3 is 1.82 bits per heavy atom. The van der Waals surface area contributed by atoms with Crippen molar-refractivity contribution >= 4 is 0 Å². The van der Waals surface area contributed by atoms with Crippen molar-refractivity contribution < 1.29 is 31.8 Å². The van der Waals surface area contributed by atoms with Crippen LogP contribution in [0, 0.1) is 29.2 Å². The van der Waals surface area contributed by atoms with Gasteiger partial charge in [-0.3, -0.25) is 0 Å². The Hall–Kier alpha value is -2.54. The summed E-state index contributed by atoms with van der Waals surface area (Å²) in [6.45, 7) is 6.93. The highest BCUT2D eigenvalue weighted by atomic mass is 19.2. The maximum absolute atomic E-state index is 15.2. The lowest BCUT2D eigenvalue weighted by Crippen LogP contribution is -2.22. The van der Waals surface area contributed by atoms with Crippen molar-refractivity contribution in [3.63, 3.8) is 0 Å². The van der Waals surface area contributed by atoms with Crippen molar-refractivity contribution in [2.24, 2.45) is 5.92 Å². The third-order valence-electron chi connectivity index (χ3n) is 8.46. The number of hydrogen-bond acceptors (Lipinski definition) is 3. The Labute approximate surface area is 235 Å². The molecule has 7 heteroatoms. The number of halogens is 4. The molecule has 40 heavy (non-hydrogen) atoms. The molecule has 3 nitrogen and oxygen atoms in total. The molecule has 220 valence electrons. The van der Waals surface area contributed by atoms with Crippen molar-refractivity contribution in [1.29, 1.82) is 0 Å². The number of hydrogen-bond donors (Lipinski definition) is 0. The van der Waals surface area contributed by atoms with E-state index in [4.69, 9.17) is 14.2 Å². The first-order valence-electron chi connectivity index (χ1n) is 14.9. The van der Waals surface area contributed by atoms with Gasteiger partial charge < -0.3 is 14.2 Å². The first-order valence-corrected chi connectivity index (χ1v) is 14.9. The second-order valence-electron chi connectivity index (χ2n) is 11.2. The molecule has 2 aliphatic rings. The molecule has 0 aliphatic heterocycles. The van der Waals surface area contributed by atoms with Crippen LogP contribution in [0.4, 0.5) is 17.6 Å². The Kier molecular flexibility index (Phi) is 11.3. The quantitative estimate of drug-likeness (QED) is 0.138. The first kappa shape index (κ1) is 30.4. The van der Waals surface area contributed by atoms with Gasteiger partial charge in [-0.2, -0.15) is 8.78 Å². The highest BCUT2D eigenvalue weighted by molar-refractivity contribution is 5.35. The van der Waals surface area contributed by atoms with Gasteiger partial charge in [-0.25, -0.2) is 8.78 Å². The fraction of sp³-hybridized carbons (Fsp3) is 0.576. The summed E-state index contributed by atoms with van der Waals surface area (Å²) in [6.07, 6.45) is 10.8. The van der Waals surface area contributed by atoms with Crippen LogP contribution in [-0.2, 0) is 4.74 Å². The fourth-order valence-corrected chi connectivity index (χ4v) is 5.98. The van der Waals surface area contributed by atoms with E-state index in [2.05, 4.69) is 13.5 Å². The van der Waals surface area contributed by atoms with E-state index in [0.29, 0.717) is 30.4 Å². The van der Waals surface area contributed by atoms with E-state index >= 15 is 8.78 Å². The van der Waals surface area contributed by atoms with Gasteiger partial charge in [-0.1, -0.05) is 31.6 Å². The molecule has 0 saturated heterocycles. The van der Waals surface area contributed by atoms with Crippen LogP contribution in [0.15, 0.2) is 36.9 Å². The standard InChI is InChI=1S/C33H42F4O3/c1-3-5-19-38-25-13-11-24(12-14-25)27-16-15-26(30(34)31(27)35)23-9-7-22(8-10-23)21-40-29-18-17-28(32(36)33(29)37)39-20-6-4-2/h4,15-18,22-25H,2-3,5-14,19-21H2,1H3. The highest BCUT2D eigenvalue weighted by Gasteiger charge is 2.30. The maximum atomic E-state index is 15.2. The average Bonchev–Trinajstić information content (AvgIpc) is 2.97. The summed E-state index contributed by atoms with van der Waals surface area (Å²) in [6, 6.07) is 6.30. The molecule has 0 amide bonds. The van der Waals surface area contributed by atoms with Crippen LogP contribution in [0.1, 0.15) is 101 Å². The van der Waals surface area contributed by atoms with Crippen LogP contribution in [0.5, 0.6) is 11.5 Å². The zero-order chi connectivity index (χ0) is 28.5. The molecule has 4 rings (SSSR count). The summed E-state index contributed by atoms with van der Waals surface area (Å²) in [5.74, 6) is -3.77. The zero-order valence-electron chi connectivity index (χ0n) is 23.5. The highest BCUT2D eigenvalue weighted by Crippen LogP contribution is 2.41. The molecule has 0 N–H and O–H groups in total. The first-order chi connectivity index (χ1) is 19.4. The molecule has 0 heterocycles. The van der Waals surface area contributed by atoms with Gasteiger partial charge in [0, 0.05) is 6.61 Å². The second-order valence-corrected chi connectivity index (χ2v) is 11.2. The Bertz CT molecular complexity index is 1110. The van der Waals surface area contributed by atoms with Crippen LogP contribution in [0.3, 0.4) is 0 Å². The van der Waals surface area contributed by atoms with Crippen molar-refractivity contribution in [2.45, 2.75) is 95.5 Å². The summed E-state index contributed by atoms with van der Waals surface area (Å²) < 4.78 is 76.0. The monoisotopic (exact) mass is 562 g/mol. The summed E-state index contributed by atoms with van der Waals surface area (Å²) in [5, 5.41) is 0. The third kappa shape index (κ3) is 7.59. The minimum atomic E-state index is -1.07. The van der Waals surface area contributed by atoms with E-state index in [0.717, 1.165) is 58.0 Å². The van der Waals surface area contributed by atoms with E-state index < -0.39 is 23.3 Å². The van der Waals surface area contributed by atoms with E-state index in [1.807, 2.05) is 0 Å². The summed E-state index contributed by atoms with van der Waals surface area (Å²) in [4.78, 5) is 0. The van der Waals surface area contributed by atoms with Crippen LogP contribution in [-0.4, -0.2) is 25.9 Å². The molecule has 0 spiro atoms. The number of rotatable bonds is 13. The fourth-order valence-electron chi connectivity index (χ4n) is 5.98. The van der Waals surface area contributed by atoms with Gasteiger partial charge >= 0.3 is 0 Å². The lowest BCUT2D eigenvalue weighted by Gasteiger charge is -2.31. The van der Waals surface area contributed by atoms with Gasteiger partial charge in [0.2, 0.25) is 11.6 Å². The summed E-state index contributed by atoms with van der Waals surface area (Å²) in [7, 11) is 0. The maximum Gasteiger partial charge on any atom is 0.204 e. The van der Waals surface area contributed by atoms with Crippen molar-refractivity contribution in [3.8, 4) is 11.5 Å². The lowest BCUT2D eigenvalue weighted by molar-refractivity contribution is 0.0230. The van der Waals surface area contributed by atoms with Gasteiger partial charge in [-0.15, -0.1) is 6.58 Å². The molecule has 2 aliphatic carbocycles. The predicted molar refractivity (Wildman–Crippen MR) is 149 cm³/mol. The summed E-state index contributed by atoms with van der Waals surface area (Å²) >= 11 is 0. The Balaban J connectivity index is 1.27. The molecule has 0 radical (unpaired) electrons. The van der Waals surface area contributed by atoms with E-state index in [9.17, 15) is 8.78 Å². The minimum Gasteiger partial charge on any atom is -0.490 e. The van der Waals surface area contributed by atoms with Gasteiger partial charge in [0.25, 0.3) is 0 Å². The van der Waals surface area contributed by atoms with Gasteiger partial charge in [-0.05, 0) is 105 Å². The van der Waals surface area contributed by atoms with Crippen LogP contribution in [0.25, 0.3) is 0 Å². The van der Waals surface area contributed by atoms with Crippen molar-refractivity contribution in [1.82, 2.24) is 0 Å². The molecule has 0 bridgehead atoms. The van der Waals surface area contributed by atoms with Gasteiger partial charge in [0.15, 0.2) is 23.1 Å². The van der Waals surface area contributed by atoms with Gasteiger partial charge in [0.05, 0.1) is 19.3 Å². The normalized spacial score (nSPS) is 23.1. The van der Waals surface area contributed by atoms with Crippen molar-refractivity contribution in [3.05, 3.63) is 71.3 Å². The Morgan fingerprint density at radius 1 is 0.725 bits per heavy atom. The number of ether oxygens (including phenoxy) is 3. The topological polar surface area (TPSA) is 27.7 Å². The molecule has 0 atom stereocenters. The van der Waals surface area contributed by atoms with Crippen LogP contribution in [0.2, 0.25) is 0 Å². The van der Waals surface area contributed by atoms with Crippen LogP contribution < -0.4 is 9.47 Å². The van der Waals surface area contributed by atoms with Gasteiger partial charge in [0.1, 0.15) is 0 Å². The molecule has 2 saturated carbocycles. The minimum absolute atomic E-state index is 0.0282. The largest absolute Gasteiger partial charge is 0.490 e. The van der Waals surface area contributed by atoms with E-state index in [-0.39, 0.29) is 48.6 Å². The molecule has 0 aromatic heterocycles. The number of unbranched alkanes of at least 4 members (excludes halogenated alkanes) is 1. The average molecular weight is 563 g/mol. The third-order valence-corrected chi connectivity index (χ3v) is 8.46. The molecule has 2 aromatic rings. The zero-order valence-corrected chi connectivity index (χ0v) is 23.5. The Morgan fingerprint density at radius 2 is 1.27 bits per heavy atom. The van der Waals surface area contributed by atoms with Crippen LogP contribution >= 0.6 is 0 Å². The predicted octanol–water partition coefficient (Wildman–Crippen LogP) is 9.39. The lowest BCUT2D eigenvalue weighted by atomic mass is 9.77. The molecular formula is C33H42F4O3.